The van der Waals surface area contributed by atoms with Gasteiger partial charge >= 0.3 is 23.9 Å². The second-order valence-electron chi connectivity index (χ2n) is 4.86. The van der Waals surface area contributed by atoms with E-state index in [0.717, 1.165) is 0 Å². The van der Waals surface area contributed by atoms with Crippen LogP contribution >= 0.6 is 0 Å². The average Bonchev–Trinajstić information content (AvgIpc) is 2.72. The quantitative estimate of drug-likeness (QED) is 0.579. The summed E-state index contributed by atoms with van der Waals surface area (Å²) in [5.41, 5.74) is 1.23. The zero-order valence-corrected chi connectivity index (χ0v) is 11.5. The number of carboxylic acids is 2. The van der Waals surface area contributed by atoms with Gasteiger partial charge in [0.1, 0.15) is 0 Å². The average molecular weight is 296 g/mol. The maximum Gasteiger partial charge on any atom is 0.314 e. The number of hydrogen-bond acceptors (Lipinski definition) is 5. The third kappa shape index (κ3) is 4.55. The fourth-order valence-electron chi connectivity index (χ4n) is 2.22. The third-order valence-corrected chi connectivity index (χ3v) is 3.15. The number of allylic oxidation sites excluding steroid dienone is 2. The Morgan fingerprint density at radius 3 is 2.05 bits per heavy atom. The third-order valence-electron chi connectivity index (χ3n) is 3.15. The second kappa shape index (κ2) is 6.83. The molecule has 1 aliphatic carbocycles. The van der Waals surface area contributed by atoms with E-state index in [1.807, 2.05) is 0 Å². The van der Waals surface area contributed by atoms with E-state index < -0.39 is 35.7 Å². The summed E-state index contributed by atoms with van der Waals surface area (Å²) in [6.07, 6.45) is 2.39. The van der Waals surface area contributed by atoms with Gasteiger partial charge in [-0.3, -0.25) is 19.2 Å². The van der Waals surface area contributed by atoms with Gasteiger partial charge in [-0.15, -0.1) is 0 Å². The molecule has 2 unspecified atom stereocenters. The Morgan fingerprint density at radius 2 is 1.71 bits per heavy atom. The summed E-state index contributed by atoms with van der Waals surface area (Å²) in [6.45, 7) is 5.28. The highest BCUT2D eigenvalue weighted by Gasteiger charge is 2.37. The first-order chi connectivity index (χ1) is 9.72. The summed E-state index contributed by atoms with van der Waals surface area (Å²) in [5, 5.41) is 17.7. The van der Waals surface area contributed by atoms with E-state index in [4.69, 9.17) is 10.2 Å². The molecule has 1 aliphatic heterocycles. The van der Waals surface area contributed by atoms with Crippen LogP contribution in [0.5, 0.6) is 0 Å². The van der Waals surface area contributed by atoms with Crippen molar-refractivity contribution in [2.45, 2.75) is 26.2 Å². The van der Waals surface area contributed by atoms with Gasteiger partial charge in [0.05, 0.1) is 24.7 Å². The van der Waals surface area contributed by atoms with Crippen LogP contribution in [0, 0.1) is 11.8 Å². The second-order valence-corrected chi connectivity index (χ2v) is 4.86. The van der Waals surface area contributed by atoms with E-state index in [0.29, 0.717) is 11.1 Å². The molecular weight excluding hydrogens is 280 g/mol. The highest BCUT2D eigenvalue weighted by atomic mass is 16.6. The summed E-state index contributed by atoms with van der Waals surface area (Å²) >= 11 is 0. The Kier molecular flexibility index (Phi) is 5.40. The van der Waals surface area contributed by atoms with Crippen molar-refractivity contribution >= 4 is 23.9 Å². The fraction of sp³-hybridized carbons (Fsp3) is 0.429. The molecule has 1 heterocycles. The number of carbonyl (C=O) groups is 4. The number of carboxylic acid groups (broad SMARTS) is 2. The molecule has 1 saturated heterocycles. The molecule has 2 aliphatic rings. The molecule has 7 nitrogen and oxygen atoms in total. The molecule has 2 atom stereocenters. The normalized spacial score (nSPS) is 24.6. The van der Waals surface area contributed by atoms with Crippen LogP contribution in [-0.4, -0.2) is 34.1 Å². The maximum atomic E-state index is 10.9. The molecular formula is C14H16O7. The van der Waals surface area contributed by atoms with Gasteiger partial charge in [0.2, 0.25) is 0 Å². The molecule has 114 valence electrons. The Bertz CT molecular complexity index is 515. The molecule has 1 fully saturated rings. The van der Waals surface area contributed by atoms with Crippen LogP contribution in [0.15, 0.2) is 23.8 Å². The van der Waals surface area contributed by atoms with E-state index in [-0.39, 0.29) is 19.3 Å². The molecule has 2 N–H and O–H groups in total. The molecule has 2 rings (SSSR count). The van der Waals surface area contributed by atoms with Crippen LogP contribution in [0.4, 0.5) is 0 Å². The number of hydrogen-bond donors (Lipinski definition) is 2. The SMILES string of the molecule is C=C1C=C(C)C(C(=O)O)C(C(=O)O)C1.O=C1CCC(=O)O1. The van der Waals surface area contributed by atoms with Crippen LogP contribution in [0.3, 0.4) is 0 Å². The summed E-state index contributed by atoms with van der Waals surface area (Å²) in [4.78, 5) is 41.7. The number of esters is 2. The first-order valence-electron chi connectivity index (χ1n) is 6.27. The van der Waals surface area contributed by atoms with Crippen LogP contribution in [-0.2, 0) is 23.9 Å². The van der Waals surface area contributed by atoms with E-state index in [1.54, 1.807) is 13.0 Å². The Labute approximate surface area is 120 Å². The van der Waals surface area contributed by atoms with E-state index in [9.17, 15) is 19.2 Å². The Hall–Kier alpha value is -2.44. The lowest BCUT2D eigenvalue weighted by Crippen LogP contribution is -2.33. The predicted molar refractivity (Wildman–Crippen MR) is 70.1 cm³/mol. The maximum absolute atomic E-state index is 10.9. The Balaban J connectivity index is 0.000000262. The van der Waals surface area contributed by atoms with Gasteiger partial charge in [0, 0.05) is 0 Å². The van der Waals surface area contributed by atoms with E-state index in [1.165, 1.54) is 0 Å². The standard InChI is InChI=1S/C10H12O4.C4H4O3/c1-5-3-6(2)8(10(13)14)7(4-5)9(11)12;5-3-1-2-4(6)7-3/h3,7-8H,1,4H2,2H3,(H,11,12)(H,13,14);1-2H2. The number of ether oxygens (including phenoxy) is 1. The van der Waals surface area contributed by atoms with Crippen molar-refractivity contribution in [3.05, 3.63) is 23.8 Å². The summed E-state index contributed by atoms with van der Waals surface area (Å²) in [6, 6.07) is 0. The van der Waals surface area contributed by atoms with Crippen molar-refractivity contribution in [3.8, 4) is 0 Å². The molecule has 21 heavy (non-hydrogen) atoms. The summed E-state index contributed by atoms with van der Waals surface area (Å²) in [5.74, 6) is -4.76. The topological polar surface area (TPSA) is 118 Å². The van der Waals surface area contributed by atoms with Crippen molar-refractivity contribution < 1.29 is 34.1 Å². The number of aliphatic carboxylic acids is 2. The first kappa shape index (κ1) is 16.6. The van der Waals surface area contributed by atoms with Crippen molar-refractivity contribution in [2.24, 2.45) is 11.8 Å². The van der Waals surface area contributed by atoms with Crippen molar-refractivity contribution in [2.75, 3.05) is 0 Å². The van der Waals surface area contributed by atoms with Crippen LogP contribution in [0.2, 0.25) is 0 Å². The van der Waals surface area contributed by atoms with Gasteiger partial charge in [0.25, 0.3) is 0 Å². The fourth-order valence-corrected chi connectivity index (χ4v) is 2.22. The van der Waals surface area contributed by atoms with Gasteiger partial charge in [0.15, 0.2) is 0 Å². The minimum absolute atomic E-state index is 0.212. The van der Waals surface area contributed by atoms with Crippen molar-refractivity contribution in [1.29, 1.82) is 0 Å². The Morgan fingerprint density at radius 1 is 1.19 bits per heavy atom. The molecule has 0 spiro atoms. The largest absolute Gasteiger partial charge is 0.481 e. The van der Waals surface area contributed by atoms with Crippen molar-refractivity contribution in [1.82, 2.24) is 0 Å². The highest BCUT2D eigenvalue weighted by molar-refractivity contribution is 5.92. The number of rotatable bonds is 2. The molecule has 0 amide bonds. The van der Waals surface area contributed by atoms with Gasteiger partial charge < -0.3 is 14.9 Å². The zero-order valence-electron chi connectivity index (χ0n) is 11.5. The monoisotopic (exact) mass is 296 g/mol. The smallest absolute Gasteiger partial charge is 0.314 e. The van der Waals surface area contributed by atoms with Crippen LogP contribution < -0.4 is 0 Å². The first-order valence-corrected chi connectivity index (χ1v) is 6.27. The van der Waals surface area contributed by atoms with Gasteiger partial charge in [-0.1, -0.05) is 23.8 Å². The molecule has 0 bridgehead atoms. The van der Waals surface area contributed by atoms with Crippen LogP contribution in [0.25, 0.3) is 0 Å². The molecule has 7 heteroatoms. The predicted octanol–water partition coefficient (Wildman–Crippen LogP) is 1.14. The minimum Gasteiger partial charge on any atom is -0.481 e. The molecule has 0 aromatic carbocycles. The lowest BCUT2D eigenvalue weighted by molar-refractivity contribution is -0.152. The van der Waals surface area contributed by atoms with E-state index in [2.05, 4.69) is 11.3 Å². The minimum atomic E-state index is -1.08. The lowest BCUT2D eigenvalue weighted by atomic mass is 9.77. The van der Waals surface area contributed by atoms with Gasteiger partial charge in [-0.2, -0.15) is 0 Å². The number of cyclic esters (lactones) is 2. The van der Waals surface area contributed by atoms with Gasteiger partial charge in [-0.05, 0) is 13.3 Å². The lowest BCUT2D eigenvalue weighted by Gasteiger charge is -2.25. The molecule has 0 aromatic heterocycles. The van der Waals surface area contributed by atoms with Crippen LogP contribution in [0.1, 0.15) is 26.2 Å². The summed E-state index contributed by atoms with van der Waals surface area (Å²) < 4.78 is 4.08. The van der Waals surface area contributed by atoms with Gasteiger partial charge in [-0.25, -0.2) is 0 Å². The van der Waals surface area contributed by atoms with E-state index >= 15 is 0 Å². The molecule has 0 aromatic rings. The highest BCUT2D eigenvalue weighted by Crippen LogP contribution is 2.32. The van der Waals surface area contributed by atoms with Crippen molar-refractivity contribution in [3.63, 3.8) is 0 Å². The molecule has 0 radical (unpaired) electrons. The zero-order chi connectivity index (χ0) is 16.2. The summed E-state index contributed by atoms with van der Waals surface area (Å²) in [7, 11) is 0. The molecule has 0 saturated carbocycles. The number of carbonyl (C=O) groups excluding carboxylic acids is 2.